The zero-order valence-corrected chi connectivity index (χ0v) is 11.5. The third kappa shape index (κ3) is 3.00. The van der Waals surface area contributed by atoms with E-state index in [2.05, 4.69) is 9.97 Å². The number of hydrogen-bond donors (Lipinski definition) is 1. The Morgan fingerprint density at radius 1 is 1.05 bits per heavy atom. The van der Waals surface area contributed by atoms with Crippen LogP contribution in [0.15, 0.2) is 48.7 Å². The fourth-order valence-corrected chi connectivity index (χ4v) is 2.04. The van der Waals surface area contributed by atoms with Gasteiger partial charge in [-0.15, -0.1) is 0 Å². The third-order valence-corrected chi connectivity index (χ3v) is 3.11. The molecule has 0 radical (unpaired) electrons. The van der Waals surface area contributed by atoms with Crippen molar-refractivity contribution in [3.63, 3.8) is 0 Å². The first-order valence-electron chi connectivity index (χ1n) is 6.52. The molecule has 0 saturated carbocycles. The summed E-state index contributed by atoms with van der Waals surface area (Å²) in [6, 6.07) is 12.7. The molecule has 3 aromatic rings. The standard InChI is InChI=1S/C17H14N2O2/c1-21-17-10-12(8-9-18-17)2-4-14-5-3-13-11-15(20)6-7-16(13)19-14/h2-11,20H,1H3/b4-2+. The molecule has 0 aliphatic rings. The molecule has 21 heavy (non-hydrogen) atoms. The van der Waals surface area contributed by atoms with Gasteiger partial charge in [0.2, 0.25) is 5.88 Å². The van der Waals surface area contributed by atoms with E-state index in [1.165, 1.54) is 0 Å². The van der Waals surface area contributed by atoms with Crippen LogP contribution in [0.3, 0.4) is 0 Å². The fourth-order valence-electron chi connectivity index (χ4n) is 2.04. The van der Waals surface area contributed by atoms with Crippen molar-refractivity contribution >= 4 is 23.1 Å². The summed E-state index contributed by atoms with van der Waals surface area (Å²) >= 11 is 0. The van der Waals surface area contributed by atoms with Crippen molar-refractivity contribution in [3.8, 4) is 11.6 Å². The lowest BCUT2D eigenvalue weighted by Gasteiger charge is -2.01. The number of aromatic hydroxyl groups is 1. The second-order valence-electron chi connectivity index (χ2n) is 4.58. The maximum Gasteiger partial charge on any atom is 0.213 e. The minimum atomic E-state index is 0.247. The van der Waals surface area contributed by atoms with Crippen molar-refractivity contribution in [3.05, 3.63) is 59.9 Å². The lowest BCUT2D eigenvalue weighted by Crippen LogP contribution is -1.87. The first kappa shape index (κ1) is 13.1. The molecule has 3 rings (SSSR count). The largest absolute Gasteiger partial charge is 0.508 e. The quantitative estimate of drug-likeness (QED) is 0.796. The molecular formula is C17H14N2O2. The van der Waals surface area contributed by atoms with E-state index in [0.717, 1.165) is 22.2 Å². The van der Waals surface area contributed by atoms with Crippen LogP contribution in [0, 0.1) is 0 Å². The van der Waals surface area contributed by atoms with Gasteiger partial charge in [-0.3, -0.25) is 0 Å². The summed E-state index contributed by atoms with van der Waals surface area (Å²) in [5, 5.41) is 10.4. The second-order valence-corrected chi connectivity index (χ2v) is 4.58. The van der Waals surface area contributed by atoms with E-state index in [4.69, 9.17) is 4.74 Å². The average molecular weight is 278 g/mol. The highest BCUT2D eigenvalue weighted by molar-refractivity contribution is 5.82. The van der Waals surface area contributed by atoms with Crippen LogP contribution < -0.4 is 4.74 Å². The SMILES string of the molecule is COc1cc(/C=C/c2ccc3cc(O)ccc3n2)ccn1. The molecule has 0 atom stereocenters. The Bertz CT molecular complexity index is 813. The van der Waals surface area contributed by atoms with Crippen LogP contribution in [0.25, 0.3) is 23.1 Å². The van der Waals surface area contributed by atoms with Crippen molar-refractivity contribution in [2.24, 2.45) is 0 Å². The number of rotatable bonds is 3. The Kier molecular flexibility index (Phi) is 3.51. The number of methoxy groups -OCH3 is 1. The second kappa shape index (κ2) is 5.63. The molecule has 2 aromatic heterocycles. The molecule has 1 N–H and O–H groups in total. The minimum Gasteiger partial charge on any atom is -0.508 e. The minimum absolute atomic E-state index is 0.247. The third-order valence-electron chi connectivity index (χ3n) is 3.11. The molecule has 0 aliphatic heterocycles. The summed E-state index contributed by atoms with van der Waals surface area (Å²) in [4.78, 5) is 8.60. The molecule has 0 bridgehead atoms. The molecule has 0 spiro atoms. The predicted molar refractivity (Wildman–Crippen MR) is 83.1 cm³/mol. The fraction of sp³-hybridized carbons (Fsp3) is 0.0588. The Balaban J connectivity index is 1.90. The number of ether oxygens (including phenoxy) is 1. The molecule has 0 saturated heterocycles. The van der Waals surface area contributed by atoms with Crippen molar-refractivity contribution in [1.82, 2.24) is 9.97 Å². The van der Waals surface area contributed by atoms with Crippen molar-refractivity contribution in [2.45, 2.75) is 0 Å². The molecule has 2 heterocycles. The lowest BCUT2D eigenvalue weighted by molar-refractivity contribution is 0.398. The summed E-state index contributed by atoms with van der Waals surface area (Å²) in [6.45, 7) is 0. The Morgan fingerprint density at radius 3 is 2.81 bits per heavy atom. The van der Waals surface area contributed by atoms with Gasteiger partial charge in [0, 0.05) is 17.6 Å². The van der Waals surface area contributed by atoms with E-state index in [0.29, 0.717) is 5.88 Å². The smallest absolute Gasteiger partial charge is 0.213 e. The predicted octanol–water partition coefficient (Wildman–Crippen LogP) is 3.51. The number of benzene rings is 1. The summed E-state index contributed by atoms with van der Waals surface area (Å²) in [5.41, 5.74) is 2.70. The van der Waals surface area contributed by atoms with Crippen LogP contribution in [-0.4, -0.2) is 22.2 Å². The molecule has 4 nitrogen and oxygen atoms in total. The highest BCUT2D eigenvalue weighted by Gasteiger charge is 1.98. The Labute approximate surface area is 122 Å². The normalized spacial score (nSPS) is 11.1. The van der Waals surface area contributed by atoms with Crippen molar-refractivity contribution in [2.75, 3.05) is 7.11 Å². The monoisotopic (exact) mass is 278 g/mol. The topological polar surface area (TPSA) is 55.2 Å². The molecule has 104 valence electrons. The van der Waals surface area contributed by atoms with E-state index >= 15 is 0 Å². The first-order chi connectivity index (χ1) is 10.2. The van der Waals surface area contributed by atoms with Gasteiger partial charge in [-0.25, -0.2) is 9.97 Å². The van der Waals surface area contributed by atoms with Crippen LogP contribution >= 0.6 is 0 Å². The van der Waals surface area contributed by atoms with Gasteiger partial charge in [0.1, 0.15) is 5.75 Å². The molecule has 4 heteroatoms. The maximum absolute atomic E-state index is 9.44. The van der Waals surface area contributed by atoms with Crippen molar-refractivity contribution < 1.29 is 9.84 Å². The van der Waals surface area contributed by atoms with E-state index in [1.807, 2.05) is 36.4 Å². The summed E-state index contributed by atoms with van der Waals surface area (Å²) in [5.74, 6) is 0.829. The van der Waals surface area contributed by atoms with Gasteiger partial charge in [0.25, 0.3) is 0 Å². The van der Waals surface area contributed by atoms with Crippen LogP contribution in [0.5, 0.6) is 11.6 Å². The highest BCUT2D eigenvalue weighted by Crippen LogP contribution is 2.19. The van der Waals surface area contributed by atoms with Crippen LogP contribution in [-0.2, 0) is 0 Å². The van der Waals surface area contributed by atoms with Crippen LogP contribution in [0.4, 0.5) is 0 Å². The van der Waals surface area contributed by atoms with Gasteiger partial charge >= 0.3 is 0 Å². The van der Waals surface area contributed by atoms with E-state index in [9.17, 15) is 5.11 Å². The van der Waals surface area contributed by atoms with Gasteiger partial charge < -0.3 is 9.84 Å². The zero-order valence-electron chi connectivity index (χ0n) is 11.5. The molecular weight excluding hydrogens is 264 g/mol. The Morgan fingerprint density at radius 2 is 1.95 bits per heavy atom. The van der Waals surface area contributed by atoms with Crippen LogP contribution in [0.2, 0.25) is 0 Å². The maximum atomic E-state index is 9.44. The number of nitrogens with zero attached hydrogens (tertiary/aromatic N) is 2. The summed E-state index contributed by atoms with van der Waals surface area (Å²) in [7, 11) is 1.59. The molecule has 1 aromatic carbocycles. The van der Waals surface area contributed by atoms with E-state index in [-0.39, 0.29) is 5.75 Å². The number of pyridine rings is 2. The number of phenols is 1. The van der Waals surface area contributed by atoms with Gasteiger partial charge in [-0.05, 0) is 42.0 Å². The molecule has 0 amide bonds. The molecule has 0 aliphatic carbocycles. The summed E-state index contributed by atoms with van der Waals surface area (Å²) in [6.07, 6.45) is 5.59. The molecule has 0 unspecified atom stereocenters. The first-order valence-corrected chi connectivity index (χ1v) is 6.52. The Hall–Kier alpha value is -2.88. The highest BCUT2D eigenvalue weighted by atomic mass is 16.5. The van der Waals surface area contributed by atoms with Gasteiger partial charge in [-0.2, -0.15) is 0 Å². The average Bonchev–Trinajstić information content (AvgIpc) is 2.53. The van der Waals surface area contributed by atoms with Crippen molar-refractivity contribution in [1.29, 1.82) is 0 Å². The van der Waals surface area contributed by atoms with Crippen LogP contribution in [0.1, 0.15) is 11.3 Å². The van der Waals surface area contributed by atoms with Gasteiger partial charge in [-0.1, -0.05) is 12.1 Å². The number of phenolic OH excluding ortho intramolecular Hbond substituents is 1. The summed E-state index contributed by atoms with van der Waals surface area (Å²) < 4.78 is 5.09. The van der Waals surface area contributed by atoms with Gasteiger partial charge in [0.05, 0.1) is 18.3 Å². The zero-order chi connectivity index (χ0) is 14.7. The number of hydrogen-bond acceptors (Lipinski definition) is 4. The number of fused-ring (bicyclic) bond motifs is 1. The van der Waals surface area contributed by atoms with E-state index in [1.54, 1.807) is 31.5 Å². The van der Waals surface area contributed by atoms with E-state index < -0.39 is 0 Å². The lowest BCUT2D eigenvalue weighted by atomic mass is 10.1. The van der Waals surface area contributed by atoms with Gasteiger partial charge in [0.15, 0.2) is 0 Å². The molecule has 0 fully saturated rings. The number of aromatic nitrogens is 2.